The number of nitrogens with two attached hydrogens (primary N) is 2. The number of hydrogen-bond donors (Lipinski definition) is 2. The van der Waals surface area contributed by atoms with E-state index in [0.29, 0.717) is 0 Å². The molecule has 6 heteroatoms. The fourth-order valence-electron chi connectivity index (χ4n) is 0.234. The SMILES string of the molecule is CON(OC)I(N)N. The van der Waals surface area contributed by atoms with Crippen LogP contribution in [-0.4, -0.2) is 17.7 Å². The van der Waals surface area contributed by atoms with Crippen molar-refractivity contribution in [1.82, 2.24) is 3.44 Å². The van der Waals surface area contributed by atoms with Crippen molar-refractivity contribution in [1.29, 1.82) is 0 Å². The molecule has 0 rings (SSSR count). The predicted molar refractivity (Wildman–Crippen MR) is 38.3 cm³/mol. The number of rotatable bonds is 3. The minimum absolute atomic E-state index is 1.13. The van der Waals surface area contributed by atoms with Crippen LogP contribution in [0, 0.1) is 0 Å². The van der Waals surface area contributed by atoms with Gasteiger partial charge in [-0.05, 0) is 0 Å². The summed E-state index contributed by atoms with van der Waals surface area (Å²) in [6.07, 6.45) is 0. The second-order valence-corrected chi connectivity index (χ2v) is 3.52. The van der Waals surface area contributed by atoms with Gasteiger partial charge in [-0.15, -0.1) is 0 Å². The van der Waals surface area contributed by atoms with E-state index in [1.807, 2.05) is 0 Å². The van der Waals surface area contributed by atoms with E-state index in [1.165, 1.54) is 14.2 Å². The van der Waals surface area contributed by atoms with Gasteiger partial charge in [-0.1, -0.05) is 0 Å². The maximum absolute atomic E-state index is 5.27. The van der Waals surface area contributed by atoms with Crippen LogP contribution in [-0.2, 0) is 9.68 Å². The van der Waals surface area contributed by atoms with Gasteiger partial charge in [0.1, 0.15) is 0 Å². The molecule has 0 saturated carbocycles. The molecule has 0 fully saturated rings. The summed E-state index contributed by atoms with van der Waals surface area (Å²) in [6, 6.07) is 0. The van der Waals surface area contributed by atoms with E-state index in [2.05, 4.69) is 9.68 Å². The number of nitrogens with zero attached hydrogens (tertiary/aromatic N) is 1. The van der Waals surface area contributed by atoms with E-state index >= 15 is 0 Å². The van der Waals surface area contributed by atoms with E-state index in [-0.39, 0.29) is 0 Å². The molecule has 0 amide bonds. The summed E-state index contributed by atoms with van der Waals surface area (Å²) < 4.78 is 11.7. The first-order valence-corrected chi connectivity index (χ1v) is 5.24. The van der Waals surface area contributed by atoms with Crippen LogP contribution in [0.2, 0.25) is 0 Å². The van der Waals surface area contributed by atoms with Crippen LogP contribution in [0.4, 0.5) is 0 Å². The zero-order valence-corrected chi connectivity index (χ0v) is 6.95. The summed E-state index contributed by atoms with van der Waals surface area (Å²) in [5.41, 5.74) is 0. The Morgan fingerprint density at radius 1 is 1.25 bits per heavy atom. The summed E-state index contributed by atoms with van der Waals surface area (Å²) in [7, 11) is 2.90. The summed E-state index contributed by atoms with van der Waals surface area (Å²) in [6.45, 7) is 0. The van der Waals surface area contributed by atoms with Gasteiger partial charge in [-0.25, -0.2) is 0 Å². The maximum atomic E-state index is 5.27. The van der Waals surface area contributed by atoms with Crippen molar-refractivity contribution in [3.8, 4) is 0 Å². The third-order valence-electron chi connectivity index (χ3n) is 0.446. The topological polar surface area (TPSA) is 73.7 Å². The normalized spacial score (nSPS) is 12.4. The van der Waals surface area contributed by atoms with Gasteiger partial charge in [-0.2, -0.15) is 0 Å². The van der Waals surface area contributed by atoms with Crippen LogP contribution >= 0.6 is 20.6 Å². The molecule has 0 heterocycles. The van der Waals surface area contributed by atoms with Gasteiger partial charge in [0, 0.05) is 0 Å². The molecular weight excluding hydrogens is 225 g/mol. The van der Waals surface area contributed by atoms with E-state index in [1.54, 1.807) is 0 Å². The van der Waals surface area contributed by atoms with Gasteiger partial charge in [0.15, 0.2) is 0 Å². The molecule has 52 valence electrons. The molecule has 0 aliphatic carbocycles. The van der Waals surface area contributed by atoms with Crippen molar-refractivity contribution in [2.45, 2.75) is 0 Å². The fourth-order valence-corrected chi connectivity index (χ4v) is 1.14. The first-order valence-electron chi connectivity index (χ1n) is 1.79. The molecule has 0 spiro atoms. The summed E-state index contributed by atoms with van der Waals surface area (Å²) >= 11 is -2.05. The predicted octanol–water partition coefficient (Wildman–Crippen LogP) is -0.420. The van der Waals surface area contributed by atoms with Crippen molar-refractivity contribution in [3.05, 3.63) is 0 Å². The molecule has 5 nitrogen and oxygen atoms in total. The van der Waals surface area contributed by atoms with Gasteiger partial charge in [-0.3, -0.25) is 0 Å². The molecular formula is C2H10IN3O2. The Hall–Kier alpha value is 0.530. The van der Waals surface area contributed by atoms with Crippen LogP contribution in [0.15, 0.2) is 0 Å². The minimum atomic E-state index is -2.05. The molecule has 0 radical (unpaired) electrons. The summed E-state index contributed by atoms with van der Waals surface area (Å²) in [5, 5.41) is 0. The van der Waals surface area contributed by atoms with Crippen molar-refractivity contribution >= 4 is 20.6 Å². The third kappa shape index (κ3) is 2.74. The second kappa shape index (κ2) is 4.41. The van der Waals surface area contributed by atoms with Crippen molar-refractivity contribution < 1.29 is 9.68 Å². The Morgan fingerprint density at radius 3 is 1.62 bits per heavy atom. The fraction of sp³-hybridized carbons (Fsp3) is 1.00. The molecule has 0 bridgehead atoms. The van der Waals surface area contributed by atoms with Gasteiger partial charge in [0.2, 0.25) is 0 Å². The van der Waals surface area contributed by atoms with Gasteiger partial charge in [0.05, 0.1) is 0 Å². The van der Waals surface area contributed by atoms with Crippen LogP contribution in [0.5, 0.6) is 0 Å². The summed E-state index contributed by atoms with van der Waals surface area (Å²) in [4.78, 5) is 9.18. The molecule has 0 saturated heterocycles. The molecule has 0 aromatic carbocycles. The van der Waals surface area contributed by atoms with Crippen LogP contribution in [0.25, 0.3) is 0 Å². The van der Waals surface area contributed by atoms with E-state index < -0.39 is 20.6 Å². The Balaban J connectivity index is 3.35. The van der Waals surface area contributed by atoms with Crippen LogP contribution in [0.1, 0.15) is 0 Å². The zero-order chi connectivity index (χ0) is 6.57. The molecule has 8 heavy (non-hydrogen) atoms. The molecule has 0 unspecified atom stereocenters. The van der Waals surface area contributed by atoms with Gasteiger partial charge >= 0.3 is 55.9 Å². The molecule has 0 aromatic rings. The van der Waals surface area contributed by atoms with E-state index in [0.717, 1.165) is 3.44 Å². The number of hydrogen-bond acceptors (Lipinski definition) is 5. The van der Waals surface area contributed by atoms with Gasteiger partial charge in [0.25, 0.3) is 0 Å². The monoisotopic (exact) mass is 235 g/mol. The van der Waals surface area contributed by atoms with Crippen LogP contribution in [0.3, 0.4) is 0 Å². The Morgan fingerprint density at radius 2 is 1.62 bits per heavy atom. The standard InChI is InChI=1S/C2H10IN3O2/c1-7-6(8-2)3(4)5/h4-5H2,1-2H3. The molecule has 4 N–H and O–H groups in total. The second-order valence-electron chi connectivity index (χ2n) is 0.899. The first-order chi connectivity index (χ1) is 3.72. The van der Waals surface area contributed by atoms with E-state index in [4.69, 9.17) is 7.89 Å². The average Bonchev–Trinajstić information content (AvgIpc) is 1.69. The quantitative estimate of drug-likeness (QED) is 0.395. The van der Waals surface area contributed by atoms with E-state index in [9.17, 15) is 0 Å². The summed E-state index contributed by atoms with van der Waals surface area (Å²) in [5.74, 6) is 0. The van der Waals surface area contributed by atoms with Gasteiger partial charge < -0.3 is 0 Å². The Bertz CT molecular complexity index is 57.2. The van der Waals surface area contributed by atoms with Crippen LogP contribution < -0.4 is 7.89 Å². The van der Waals surface area contributed by atoms with Crippen molar-refractivity contribution in [2.24, 2.45) is 7.89 Å². The molecule has 0 aromatic heterocycles. The molecule has 0 aliphatic heterocycles. The first kappa shape index (κ1) is 8.53. The average molecular weight is 235 g/mol. The Labute approximate surface area is 56.3 Å². The number of halogens is 1. The van der Waals surface area contributed by atoms with Crippen molar-refractivity contribution in [3.63, 3.8) is 0 Å². The van der Waals surface area contributed by atoms with Crippen molar-refractivity contribution in [2.75, 3.05) is 14.2 Å². The Kier molecular flexibility index (Phi) is 4.71. The third-order valence-corrected chi connectivity index (χ3v) is 2.14. The zero-order valence-electron chi connectivity index (χ0n) is 4.80. The molecule has 0 atom stereocenters. The molecule has 0 aliphatic rings.